The van der Waals surface area contributed by atoms with Crippen molar-refractivity contribution in [2.75, 3.05) is 20.3 Å². The molecule has 1 atom stereocenters. The van der Waals surface area contributed by atoms with E-state index in [2.05, 4.69) is 14.8 Å². The van der Waals surface area contributed by atoms with E-state index in [1.807, 2.05) is 0 Å². The molecule has 2 aromatic rings. The quantitative estimate of drug-likeness (QED) is 0.817. The van der Waals surface area contributed by atoms with Crippen LogP contribution in [0.2, 0.25) is 0 Å². The molecule has 10 heteroatoms. The van der Waals surface area contributed by atoms with Crippen LogP contribution in [0, 0.1) is 0 Å². The van der Waals surface area contributed by atoms with Gasteiger partial charge in [0.25, 0.3) is 0 Å². The van der Waals surface area contributed by atoms with Crippen molar-refractivity contribution in [2.24, 2.45) is 0 Å². The van der Waals surface area contributed by atoms with Gasteiger partial charge in [0.05, 0.1) is 24.2 Å². The first-order valence-electron chi connectivity index (χ1n) is 8.91. The standard InChI is InChI=1S/C17H22N4O5S/c1-24-11-16-18-17-13(4-2-7-21(17)19-16)20-27(22,23)12-5-6-14-15(10-12)26-9-3-8-25-14/h5-6,10,13,20H,2-4,7-9,11H2,1H3. The Bertz CT molecular complexity index is 927. The Kier molecular flexibility index (Phi) is 5.02. The van der Waals surface area contributed by atoms with Gasteiger partial charge in [-0.1, -0.05) is 0 Å². The fraction of sp³-hybridized carbons (Fsp3) is 0.529. The second kappa shape index (κ2) is 7.45. The average Bonchev–Trinajstić information content (AvgIpc) is 2.91. The lowest BCUT2D eigenvalue weighted by atomic mass is 10.1. The van der Waals surface area contributed by atoms with Gasteiger partial charge in [-0.05, 0) is 25.0 Å². The van der Waals surface area contributed by atoms with Gasteiger partial charge < -0.3 is 14.2 Å². The summed E-state index contributed by atoms with van der Waals surface area (Å²) in [6.07, 6.45) is 2.24. The van der Waals surface area contributed by atoms with Crippen molar-refractivity contribution in [3.05, 3.63) is 29.8 Å². The van der Waals surface area contributed by atoms with E-state index in [9.17, 15) is 8.42 Å². The number of aromatic nitrogens is 3. The molecule has 0 saturated carbocycles. The Hall–Kier alpha value is -2.17. The second-order valence-corrected chi connectivity index (χ2v) is 8.23. The van der Waals surface area contributed by atoms with Crippen molar-refractivity contribution < 1.29 is 22.6 Å². The van der Waals surface area contributed by atoms with Gasteiger partial charge in [0.2, 0.25) is 10.0 Å². The number of hydrogen-bond donors (Lipinski definition) is 1. The van der Waals surface area contributed by atoms with E-state index in [4.69, 9.17) is 14.2 Å². The topological polar surface area (TPSA) is 105 Å². The van der Waals surface area contributed by atoms with Gasteiger partial charge in [0, 0.05) is 26.1 Å². The molecular formula is C17H22N4O5S. The molecular weight excluding hydrogens is 372 g/mol. The number of sulfonamides is 1. The van der Waals surface area contributed by atoms with E-state index in [0.717, 1.165) is 12.8 Å². The van der Waals surface area contributed by atoms with Gasteiger partial charge in [-0.2, -0.15) is 5.10 Å². The molecule has 0 saturated heterocycles. The zero-order chi connectivity index (χ0) is 18.9. The third-order valence-corrected chi connectivity index (χ3v) is 5.99. The minimum absolute atomic E-state index is 0.139. The molecule has 27 heavy (non-hydrogen) atoms. The minimum Gasteiger partial charge on any atom is -0.490 e. The van der Waals surface area contributed by atoms with E-state index >= 15 is 0 Å². The third kappa shape index (κ3) is 3.78. The van der Waals surface area contributed by atoms with Gasteiger partial charge in [-0.3, -0.25) is 0 Å². The summed E-state index contributed by atoms with van der Waals surface area (Å²) in [4.78, 5) is 4.58. The maximum atomic E-state index is 12.9. The zero-order valence-corrected chi connectivity index (χ0v) is 15.9. The molecule has 1 unspecified atom stereocenters. The van der Waals surface area contributed by atoms with Crippen LogP contribution < -0.4 is 14.2 Å². The van der Waals surface area contributed by atoms with Gasteiger partial charge in [-0.25, -0.2) is 22.8 Å². The number of hydrogen-bond acceptors (Lipinski definition) is 7. The number of nitrogens with zero attached hydrogens (tertiary/aromatic N) is 3. The highest BCUT2D eigenvalue weighted by Gasteiger charge is 2.29. The molecule has 0 amide bonds. The van der Waals surface area contributed by atoms with Crippen LogP contribution >= 0.6 is 0 Å². The lowest BCUT2D eigenvalue weighted by molar-refractivity contribution is 0.177. The lowest BCUT2D eigenvalue weighted by Crippen LogP contribution is -2.33. The van der Waals surface area contributed by atoms with Crippen molar-refractivity contribution in [3.8, 4) is 11.5 Å². The van der Waals surface area contributed by atoms with Crippen LogP contribution in [-0.2, 0) is 27.9 Å². The molecule has 0 radical (unpaired) electrons. The predicted octanol–water partition coefficient (Wildman–Crippen LogP) is 1.40. The number of aryl methyl sites for hydroxylation is 1. The van der Waals surface area contributed by atoms with Gasteiger partial charge >= 0.3 is 0 Å². The molecule has 0 bridgehead atoms. The summed E-state index contributed by atoms with van der Waals surface area (Å²) in [7, 11) is -2.18. The lowest BCUT2D eigenvalue weighted by Gasteiger charge is -2.23. The van der Waals surface area contributed by atoms with Crippen LogP contribution in [0.3, 0.4) is 0 Å². The number of methoxy groups -OCH3 is 1. The fourth-order valence-electron chi connectivity index (χ4n) is 3.27. The van der Waals surface area contributed by atoms with Gasteiger partial charge in [-0.15, -0.1) is 0 Å². The van der Waals surface area contributed by atoms with Crippen LogP contribution in [0.4, 0.5) is 0 Å². The number of rotatable bonds is 5. The maximum absolute atomic E-state index is 12.9. The summed E-state index contributed by atoms with van der Waals surface area (Å²) < 4.78 is 46.6. The highest BCUT2D eigenvalue weighted by molar-refractivity contribution is 7.89. The van der Waals surface area contributed by atoms with E-state index in [1.165, 1.54) is 12.1 Å². The molecule has 2 aliphatic rings. The maximum Gasteiger partial charge on any atom is 0.241 e. The second-order valence-electron chi connectivity index (χ2n) is 6.52. The van der Waals surface area contributed by atoms with Crippen molar-refractivity contribution in [1.29, 1.82) is 0 Å². The van der Waals surface area contributed by atoms with Crippen molar-refractivity contribution in [1.82, 2.24) is 19.5 Å². The summed E-state index contributed by atoms with van der Waals surface area (Å²) in [5, 5.41) is 4.37. The molecule has 4 rings (SSSR count). The Morgan fingerprint density at radius 2 is 2.07 bits per heavy atom. The van der Waals surface area contributed by atoms with Crippen molar-refractivity contribution in [3.63, 3.8) is 0 Å². The first-order valence-corrected chi connectivity index (χ1v) is 10.4. The third-order valence-electron chi connectivity index (χ3n) is 4.52. The van der Waals surface area contributed by atoms with E-state index in [-0.39, 0.29) is 4.90 Å². The molecule has 1 aromatic heterocycles. The molecule has 0 aliphatic carbocycles. The molecule has 1 aromatic carbocycles. The van der Waals surface area contributed by atoms with E-state index in [0.29, 0.717) is 55.9 Å². The number of fused-ring (bicyclic) bond motifs is 2. The average molecular weight is 394 g/mol. The van der Waals surface area contributed by atoms with Crippen LogP contribution in [0.5, 0.6) is 11.5 Å². The van der Waals surface area contributed by atoms with Crippen LogP contribution in [0.25, 0.3) is 0 Å². The normalized spacial score (nSPS) is 19.4. The summed E-state index contributed by atoms with van der Waals surface area (Å²) in [6.45, 7) is 2.06. The van der Waals surface area contributed by atoms with E-state index < -0.39 is 16.1 Å². The Morgan fingerprint density at radius 3 is 2.89 bits per heavy atom. The SMILES string of the molecule is COCc1nc2n(n1)CCCC2NS(=O)(=O)c1ccc2c(c1)OCCCO2. The monoisotopic (exact) mass is 394 g/mol. The zero-order valence-electron chi connectivity index (χ0n) is 15.1. The molecule has 3 heterocycles. The molecule has 2 aliphatic heterocycles. The fourth-order valence-corrected chi connectivity index (χ4v) is 4.51. The Labute approximate surface area is 157 Å². The highest BCUT2D eigenvalue weighted by atomic mass is 32.2. The van der Waals surface area contributed by atoms with Crippen LogP contribution in [0.1, 0.15) is 37.0 Å². The smallest absolute Gasteiger partial charge is 0.241 e. The number of nitrogens with one attached hydrogen (secondary N) is 1. The highest BCUT2D eigenvalue weighted by Crippen LogP contribution is 2.33. The minimum atomic E-state index is -3.75. The summed E-state index contributed by atoms with van der Waals surface area (Å²) >= 11 is 0. The van der Waals surface area contributed by atoms with Crippen LogP contribution in [0.15, 0.2) is 23.1 Å². The van der Waals surface area contributed by atoms with Crippen LogP contribution in [-0.4, -0.2) is 43.5 Å². The Balaban J connectivity index is 1.58. The molecule has 0 fully saturated rings. The van der Waals surface area contributed by atoms with Crippen molar-refractivity contribution >= 4 is 10.0 Å². The Morgan fingerprint density at radius 1 is 1.26 bits per heavy atom. The molecule has 0 spiro atoms. The van der Waals surface area contributed by atoms with E-state index in [1.54, 1.807) is 17.9 Å². The first-order chi connectivity index (χ1) is 13.1. The summed E-state index contributed by atoms with van der Waals surface area (Å²) in [5.74, 6) is 2.18. The van der Waals surface area contributed by atoms with Gasteiger partial charge in [0.1, 0.15) is 12.4 Å². The molecule has 146 valence electrons. The van der Waals surface area contributed by atoms with Gasteiger partial charge in [0.15, 0.2) is 17.3 Å². The summed E-state index contributed by atoms with van der Waals surface area (Å²) in [6, 6.07) is 4.24. The summed E-state index contributed by atoms with van der Waals surface area (Å²) in [5.41, 5.74) is 0. The largest absolute Gasteiger partial charge is 0.490 e. The van der Waals surface area contributed by atoms with Crippen molar-refractivity contribution in [2.45, 2.75) is 43.4 Å². The molecule has 1 N–H and O–H groups in total. The number of benzene rings is 1. The predicted molar refractivity (Wildman–Crippen MR) is 95.1 cm³/mol. The number of ether oxygens (including phenoxy) is 3. The first kappa shape index (κ1) is 18.2. The molecule has 9 nitrogen and oxygen atoms in total.